The molecule has 21 heavy (non-hydrogen) atoms. The van der Waals surface area contributed by atoms with Crippen LogP contribution < -0.4 is 4.74 Å². The van der Waals surface area contributed by atoms with E-state index in [0.29, 0.717) is 30.4 Å². The highest BCUT2D eigenvalue weighted by molar-refractivity contribution is 5.84. The molecular weight excluding hydrogens is 264 g/mol. The molecule has 0 aromatic carbocycles. The number of hydrogen-bond donors (Lipinski definition) is 0. The number of carbonyl (C=O) groups excluding carboxylic acids is 1. The van der Waals surface area contributed by atoms with Gasteiger partial charge in [0, 0.05) is 30.7 Å². The lowest BCUT2D eigenvalue weighted by Crippen LogP contribution is -2.11. The van der Waals surface area contributed by atoms with Crippen molar-refractivity contribution in [3.63, 3.8) is 0 Å². The zero-order chi connectivity index (χ0) is 14.7. The van der Waals surface area contributed by atoms with Crippen LogP contribution in [0.25, 0.3) is 17.1 Å². The second-order valence-corrected chi connectivity index (χ2v) is 5.36. The van der Waals surface area contributed by atoms with Gasteiger partial charge in [-0.05, 0) is 30.9 Å². The van der Waals surface area contributed by atoms with Gasteiger partial charge in [0.1, 0.15) is 5.78 Å². The number of Topliss-reactive ketones (excluding diaryl/α,β-unsaturated/α-hetero) is 1. The van der Waals surface area contributed by atoms with Crippen LogP contribution in [-0.4, -0.2) is 22.9 Å². The lowest BCUT2D eigenvalue weighted by molar-refractivity contribution is -0.120. The highest BCUT2D eigenvalue weighted by Crippen LogP contribution is 2.25. The van der Waals surface area contributed by atoms with Crippen molar-refractivity contribution < 1.29 is 9.53 Å². The number of pyridine rings is 2. The normalized spacial score (nSPS) is 16.7. The molecule has 4 nitrogen and oxygen atoms in total. The Morgan fingerprint density at radius 3 is 2.81 bits per heavy atom. The van der Waals surface area contributed by atoms with Gasteiger partial charge in [0.15, 0.2) is 0 Å². The molecule has 2 aromatic heterocycles. The number of hydrogen-bond acceptors (Lipinski definition) is 4. The topological polar surface area (TPSA) is 52.1 Å². The first-order valence-electron chi connectivity index (χ1n) is 7.26. The van der Waals surface area contributed by atoms with E-state index in [1.54, 1.807) is 13.3 Å². The van der Waals surface area contributed by atoms with Crippen molar-refractivity contribution >= 4 is 22.9 Å². The fourth-order valence-corrected chi connectivity index (χ4v) is 2.67. The van der Waals surface area contributed by atoms with Crippen LogP contribution in [-0.2, 0) is 4.79 Å². The largest absolute Gasteiger partial charge is 0.481 e. The minimum atomic E-state index is 0.389. The molecule has 4 heteroatoms. The standard InChI is InChI=1S/C17H18N2O2/c1-21-16-9-8-15-17(19-16)13(10-11-18-15)5-2-12-3-6-14(20)7-4-12/h2,5,8-12H,3-4,6-7H2,1H3/b5-2+. The summed E-state index contributed by atoms with van der Waals surface area (Å²) in [5.74, 6) is 1.46. The molecular formula is C17H18N2O2. The number of nitrogens with zero attached hydrogens (tertiary/aromatic N) is 2. The predicted molar refractivity (Wildman–Crippen MR) is 82.1 cm³/mol. The number of aromatic nitrogens is 2. The maximum atomic E-state index is 11.3. The monoisotopic (exact) mass is 282 g/mol. The first-order valence-corrected chi connectivity index (χ1v) is 7.26. The summed E-state index contributed by atoms with van der Waals surface area (Å²) >= 11 is 0. The smallest absolute Gasteiger partial charge is 0.213 e. The van der Waals surface area contributed by atoms with E-state index in [9.17, 15) is 4.79 Å². The van der Waals surface area contributed by atoms with Crippen LogP contribution >= 0.6 is 0 Å². The SMILES string of the molecule is COc1ccc2nccc(/C=C/C3CCC(=O)CC3)c2n1. The van der Waals surface area contributed by atoms with E-state index < -0.39 is 0 Å². The predicted octanol–water partition coefficient (Wildman–Crippen LogP) is 3.41. The van der Waals surface area contributed by atoms with Crippen LogP contribution in [0.4, 0.5) is 0 Å². The van der Waals surface area contributed by atoms with Crippen molar-refractivity contribution in [2.24, 2.45) is 5.92 Å². The first-order chi connectivity index (χ1) is 10.3. The Balaban J connectivity index is 1.87. The zero-order valence-electron chi connectivity index (χ0n) is 12.1. The quantitative estimate of drug-likeness (QED) is 0.865. The fourth-order valence-electron chi connectivity index (χ4n) is 2.67. The number of methoxy groups -OCH3 is 1. The maximum Gasteiger partial charge on any atom is 0.213 e. The molecule has 0 radical (unpaired) electrons. The van der Waals surface area contributed by atoms with Gasteiger partial charge >= 0.3 is 0 Å². The minimum Gasteiger partial charge on any atom is -0.481 e. The van der Waals surface area contributed by atoms with Crippen LogP contribution in [0.3, 0.4) is 0 Å². The summed E-state index contributed by atoms with van der Waals surface area (Å²) in [7, 11) is 1.61. The third-order valence-electron chi connectivity index (χ3n) is 3.93. The molecule has 0 spiro atoms. The molecule has 1 saturated carbocycles. The Bertz CT molecular complexity index is 684. The number of ketones is 1. The zero-order valence-corrected chi connectivity index (χ0v) is 12.1. The van der Waals surface area contributed by atoms with E-state index in [1.165, 1.54) is 0 Å². The number of allylic oxidation sites excluding steroid dienone is 1. The number of carbonyl (C=O) groups is 1. The Hall–Kier alpha value is -2.23. The third kappa shape index (κ3) is 3.10. The summed E-state index contributed by atoms with van der Waals surface area (Å²) in [5.41, 5.74) is 2.74. The van der Waals surface area contributed by atoms with Gasteiger partial charge in [-0.1, -0.05) is 12.2 Å². The van der Waals surface area contributed by atoms with E-state index in [-0.39, 0.29) is 0 Å². The molecule has 2 aromatic rings. The number of rotatable bonds is 3. The van der Waals surface area contributed by atoms with Crippen LogP contribution in [0, 0.1) is 5.92 Å². The molecule has 0 bridgehead atoms. The molecule has 1 aliphatic rings. The molecule has 0 saturated heterocycles. The molecule has 0 amide bonds. The second kappa shape index (κ2) is 6.04. The molecule has 1 aliphatic carbocycles. The van der Waals surface area contributed by atoms with Crippen LogP contribution in [0.15, 0.2) is 30.5 Å². The van der Waals surface area contributed by atoms with Crippen LogP contribution in [0.2, 0.25) is 0 Å². The average Bonchev–Trinajstić information content (AvgIpc) is 2.54. The van der Waals surface area contributed by atoms with Crippen LogP contribution in [0.5, 0.6) is 5.88 Å². The van der Waals surface area contributed by atoms with Crippen molar-refractivity contribution in [1.29, 1.82) is 0 Å². The molecule has 0 N–H and O–H groups in total. The molecule has 0 unspecified atom stereocenters. The first kappa shape index (κ1) is 13.7. The maximum absolute atomic E-state index is 11.3. The molecule has 108 valence electrons. The summed E-state index contributed by atoms with van der Waals surface area (Å²) in [6.45, 7) is 0. The Labute approximate surface area is 123 Å². The van der Waals surface area contributed by atoms with Crippen molar-refractivity contribution in [2.45, 2.75) is 25.7 Å². The molecule has 0 aliphatic heterocycles. The fraction of sp³-hybridized carbons (Fsp3) is 0.353. The Morgan fingerprint density at radius 2 is 2.05 bits per heavy atom. The highest BCUT2D eigenvalue weighted by Gasteiger charge is 2.16. The minimum absolute atomic E-state index is 0.389. The van der Waals surface area contributed by atoms with Crippen molar-refractivity contribution in [2.75, 3.05) is 7.11 Å². The van der Waals surface area contributed by atoms with Crippen molar-refractivity contribution in [3.8, 4) is 5.88 Å². The summed E-state index contributed by atoms with van der Waals surface area (Å²) in [4.78, 5) is 20.1. The highest BCUT2D eigenvalue weighted by atomic mass is 16.5. The lowest BCUT2D eigenvalue weighted by atomic mass is 9.88. The van der Waals surface area contributed by atoms with Crippen molar-refractivity contribution in [3.05, 3.63) is 36.0 Å². The molecule has 1 fully saturated rings. The molecule has 2 heterocycles. The van der Waals surface area contributed by atoms with E-state index in [1.807, 2.05) is 18.2 Å². The molecule has 3 rings (SSSR count). The van der Waals surface area contributed by atoms with Gasteiger partial charge in [-0.2, -0.15) is 0 Å². The van der Waals surface area contributed by atoms with Gasteiger partial charge < -0.3 is 4.74 Å². The molecule has 0 atom stereocenters. The van der Waals surface area contributed by atoms with E-state index in [4.69, 9.17) is 4.74 Å². The Morgan fingerprint density at radius 1 is 1.24 bits per heavy atom. The summed E-state index contributed by atoms with van der Waals surface area (Å²) in [6.07, 6.45) is 9.40. The second-order valence-electron chi connectivity index (χ2n) is 5.36. The summed E-state index contributed by atoms with van der Waals surface area (Å²) in [6, 6.07) is 5.69. The van der Waals surface area contributed by atoms with Gasteiger partial charge in [-0.3, -0.25) is 9.78 Å². The van der Waals surface area contributed by atoms with Gasteiger partial charge in [-0.15, -0.1) is 0 Å². The number of ether oxygens (including phenoxy) is 1. The summed E-state index contributed by atoms with van der Waals surface area (Å²) < 4.78 is 5.18. The van der Waals surface area contributed by atoms with E-state index >= 15 is 0 Å². The lowest BCUT2D eigenvalue weighted by Gasteiger charge is -2.17. The third-order valence-corrected chi connectivity index (χ3v) is 3.93. The van der Waals surface area contributed by atoms with E-state index in [0.717, 1.165) is 29.4 Å². The van der Waals surface area contributed by atoms with Crippen molar-refractivity contribution in [1.82, 2.24) is 9.97 Å². The van der Waals surface area contributed by atoms with E-state index in [2.05, 4.69) is 22.1 Å². The van der Waals surface area contributed by atoms with Gasteiger partial charge in [0.25, 0.3) is 0 Å². The average molecular weight is 282 g/mol. The van der Waals surface area contributed by atoms with Gasteiger partial charge in [-0.25, -0.2) is 4.98 Å². The Kier molecular flexibility index (Phi) is 3.95. The van der Waals surface area contributed by atoms with Gasteiger partial charge in [0.05, 0.1) is 18.1 Å². The number of fused-ring (bicyclic) bond motifs is 1. The van der Waals surface area contributed by atoms with Gasteiger partial charge in [0.2, 0.25) is 5.88 Å². The summed E-state index contributed by atoms with van der Waals surface area (Å²) in [5, 5.41) is 0. The van der Waals surface area contributed by atoms with Crippen LogP contribution in [0.1, 0.15) is 31.2 Å².